The molecule has 0 unspecified atom stereocenters. The lowest BCUT2D eigenvalue weighted by Crippen LogP contribution is -2.17. The number of alkyl halides is 1. The summed E-state index contributed by atoms with van der Waals surface area (Å²) >= 11 is 3.23. The van der Waals surface area contributed by atoms with E-state index in [2.05, 4.69) is 15.9 Å². The maximum atomic E-state index is 5.07. The van der Waals surface area contributed by atoms with E-state index >= 15 is 0 Å². The van der Waals surface area contributed by atoms with Crippen molar-refractivity contribution in [2.24, 2.45) is 0 Å². The smallest absolute Gasteiger partial charge is 0.414 e. The van der Waals surface area contributed by atoms with Crippen molar-refractivity contribution in [2.45, 2.75) is 6.82 Å². The molecule has 0 bridgehead atoms. The summed E-state index contributed by atoms with van der Waals surface area (Å²) in [4.78, 5) is 0. The van der Waals surface area contributed by atoms with Crippen LogP contribution in [0.2, 0.25) is 6.82 Å². The van der Waals surface area contributed by atoms with Crippen molar-refractivity contribution < 1.29 is 9.31 Å². The van der Waals surface area contributed by atoms with Crippen molar-refractivity contribution in [2.75, 3.05) is 19.0 Å². The molecule has 0 atom stereocenters. The monoisotopic (exact) mass is 180 g/mol. The summed E-state index contributed by atoms with van der Waals surface area (Å²) in [6.07, 6.45) is 0. The lowest BCUT2D eigenvalue weighted by molar-refractivity contribution is 0.250. The summed E-state index contributed by atoms with van der Waals surface area (Å²) in [5.41, 5.74) is 0. The van der Waals surface area contributed by atoms with E-state index in [-0.39, 0.29) is 7.12 Å². The summed E-state index contributed by atoms with van der Waals surface area (Å²) in [6.45, 7) is 2.57. The maximum absolute atomic E-state index is 5.07. The van der Waals surface area contributed by atoms with Crippen molar-refractivity contribution in [3.05, 3.63) is 0 Å². The molecule has 48 valence electrons. The molecule has 0 rings (SSSR count). The molecule has 0 aromatic heterocycles. The molecule has 0 heterocycles. The topological polar surface area (TPSA) is 18.5 Å². The zero-order chi connectivity index (χ0) is 6.41. The second-order valence-electron chi connectivity index (χ2n) is 1.36. The first-order chi connectivity index (χ1) is 3.81. The molecular formula is C4H10BBrO2. The largest absolute Gasteiger partial charge is 0.453 e. The Morgan fingerprint density at radius 3 is 2.62 bits per heavy atom. The van der Waals surface area contributed by atoms with E-state index in [4.69, 9.17) is 9.31 Å². The predicted molar refractivity (Wildman–Crippen MR) is 38.4 cm³/mol. The van der Waals surface area contributed by atoms with E-state index < -0.39 is 0 Å². The van der Waals surface area contributed by atoms with E-state index in [0.717, 1.165) is 5.33 Å². The van der Waals surface area contributed by atoms with E-state index in [0.29, 0.717) is 6.61 Å². The molecule has 0 aliphatic rings. The Labute approximate surface area is 58.8 Å². The van der Waals surface area contributed by atoms with Crippen LogP contribution in [0.15, 0.2) is 0 Å². The lowest BCUT2D eigenvalue weighted by atomic mass is 9.96. The highest BCUT2D eigenvalue weighted by Crippen LogP contribution is 1.87. The highest BCUT2D eigenvalue weighted by Gasteiger charge is 2.04. The Bertz CT molecular complexity index is 53.3. The van der Waals surface area contributed by atoms with Crippen LogP contribution in [0.4, 0.5) is 0 Å². The summed E-state index contributed by atoms with van der Waals surface area (Å²) in [7, 11) is 1.55. The fourth-order valence-corrected chi connectivity index (χ4v) is 0.465. The zero-order valence-corrected chi connectivity index (χ0v) is 6.77. The highest BCUT2D eigenvalue weighted by atomic mass is 79.9. The van der Waals surface area contributed by atoms with Gasteiger partial charge in [0.2, 0.25) is 0 Å². The summed E-state index contributed by atoms with van der Waals surface area (Å²) in [6, 6.07) is 0. The molecule has 0 spiro atoms. The van der Waals surface area contributed by atoms with Crippen molar-refractivity contribution in [1.29, 1.82) is 0 Å². The first-order valence-corrected chi connectivity index (χ1v) is 3.63. The van der Waals surface area contributed by atoms with Crippen LogP contribution in [-0.2, 0) is 9.31 Å². The molecule has 2 nitrogen and oxygen atoms in total. The third kappa shape index (κ3) is 4.62. The number of halogens is 1. The average Bonchev–Trinajstić information content (AvgIpc) is 1.83. The van der Waals surface area contributed by atoms with Gasteiger partial charge in [-0.2, -0.15) is 0 Å². The van der Waals surface area contributed by atoms with Crippen LogP contribution in [0.5, 0.6) is 0 Å². The van der Waals surface area contributed by atoms with Crippen molar-refractivity contribution in [1.82, 2.24) is 0 Å². The number of rotatable bonds is 4. The molecule has 0 amide bonds. The fourth-order valence-electron chi connectivity index (χ4n) is 0.279. The van der Waals surface area contributed by atoms with Crippen LogP contribution in [0.3, 0.4) is 0 Å². The normalized spacial score (nSPS) is 9.38. The highest BCUT2D eigenvalue weighted by molar-refractivity contribution is 9.09. The molecule has 0 N–H and O–H groups in total. The van der Waals surface area contributed by atoms with Crippen molar-refractivity contribution in [3.8, 4) is 0 Å². The maximum Gasteiger partial charge on any atom is 0.453 e. The van der Waals surface area contributed by atoms with Gasteiger partial charge in [-0.15, -0.1) is 0 Å². The third-order valence-corrected chi connectivity index (χ3v) is 1.09. The first kappa shape index (κ1) is 8.46. The van der Waals surface area contributed by atoms with Gasteiger partial charge in [0.05, 0.1) is 0 Å². The molecule has 0 saturated heterocycles. The van der Waals surface area contributed by atoms with Crippen molar-refractivity contribution in [3.63, 3.8) is 0 Å². The Kier molecular flexibility index (Phi) is 5.92. The van der Waals surface area contributed by atoms with E-state index in [9.17, 15) is 0 Å². The first-order valence-electron chi connectivity index (χ1n) is 2.51. The van der Waals surface area contributed by atoms with E-state index in [1.54, 1.807) is 7.11 Å². The average molecular weight is 181 g/mol. The predicted octanol–water partition coefficient (Wildman–Crippen LogP) is 1.16. The molecule has 0 aromatic rings. The van der Waals surface area contributed by atoms with Gasteiger partial charge in [0, 0.05) is 19.0 Å². The van der Waals surface area contributed by atoms with Gasteiger partial charge >= 0.3 is 7.12 Å². The van der Waals surface area contributed by atoms with Crippen LogP contribution in [-0.4, -0.2) is 26.2 Å². The molecule has 8 heavy (non-hydrogen) atoms. The Balaban J connectivity index is 2.86. The van der Waals surface area contributed by atoms with Crippen LogP contribution >= 0.6 is 15.9 Å². The lowest BCUT2D eigenvalue weighted by Gasteiger charge is -2.03. The minimum Gasteiger partial charge on any atom is -0.414 e. The minimum absolute atomic E-state index is 0.0763. The van der Waals surface area contributed by atoms with Crippen LogP contribution in [0.25, 0.3) is 0 Å². The second kappa shape index (κ2) is 5.60. The molecule has 0 aliphatic carbocycles. The summed E-state index contributed by atoms with van der Waals surface area (Å²) in [5, 5.41) is 0.862. The third-order valence-electron chi connectivity index (χ3n) is 0.762. The van der Waals surface area contributed by atoms with Gasteiger partial charge in [-0.3, -0.25) is 0 Å². The summed E-state index contributed by atoms with van der Waals surface area (Å²) < 4.78 is 9.88. The van der Waals surface area contributed by atoms with Gasteiger partial charge in [0.15, 0.2) is 0 Å². The summed E-state index contributed by atoms with van der Waals surface area (Å²) in [5.74, 6) is 0. The molecule has 0 fully saturated rings. The Morgan fingerprint density at radius 2 is 2.25 bits per heavy atom. The minimum atomic E-state index is -0.0763. The van der Waals surface area contributed by atoms with E-state index in [1.807, 2.05) is 6.82 Å². The van der Waals surface area contributed by atoms with Gasteiger partial charge < -0.3 is 9.31 Å². The molecule has 0 aliphatic heterocycles. The van der Waals surface area contributed by atoms with Gasteiger partial charge in [0.25, 0.3) is 0 Å². The zero-order valence-electron chi connectivity index (χ0n) is 5.19. The van der Waals surface area contributed by atoms with Crippen LogP contribution in [0.1, 0.15) is 0 Å². The molecule has 4 heteroatoms. The number of hydrogen-bond acceptors (Lipinski definition) is 2. The van der Waals surface area contributed by atoms with E-state index in [1.165, 1.54) is 0 Å². The van der Waals surface area contributed by atoms with Crippen molar-refractivity contribution >= 4 is 23.0 Å². The van der Waals surface area contributed by atoms with Gasteiger partial charge in [0.1, 0.15) is 0 Å². The van der Waals surface area contributed by atoms with Gasteiger partial charge in [-0.1, -0.05) is 15.9 Å². The molecule has 0 radical (unpaired) electrons. The second-order valence-corrected chi connectivity index (χ2v) is 2.16. The molecular weight excluding hydrogens is 171 g/mol. The Hall–Kier alpha value is 0.465. The van der Waals surface area contributed by atoms with Crippen LogP contribution in [0, 0.1) is 0 Å². The van der Waals surface area contributed by atoms with Crippen LogP contribution < -0.4 is 0 Å². The quantitative estimate of drug-likeness (QED) is 0.478. The number of hydrogen-bond donors (Lipinski definition) is 0. The standard InChI is InChI=1S/C4H10BBrO2/c1-5(7-2)8-4-3-6/h3-4H2,1-2H3. The molecule has 0 saturated carbocycles. The Morgan fingerprint density at radius 1 is 1.62 bits per heavy atom. The fraction of sp³-hybridized carbons (Fsp3) is 1.00. The molecule has 0 aromatic carbocycles. The SMILES string of the molecule is COB(C)OCCBr. The van der Waals surface area contributed by atoms with Gasteiger partial charge in [-0.05, 0) is 6.82 Å². The van der Waals surface area contributed by atoms with Gasteiger partial charge in [-0.25, -0.2) is 0 Å².